The third-order valence-electron chi connectivity index (χ3n) is 8.07. The number of carbonyl (C=O) groups is 4. The maximum atomic E-state index is 13.6. The maximum absolute atomic E-state index is 13.6. The molecular weight excluding hydrogens is 686 g/mol. The number of amides is 2. The molecule has 0 saturated carbocycles. The fourth-order valence-electron chi connectivity index (χ4n) is 5.87. The van der Waals surface area contributed by atoms with E-state index in [1.807, 2.05) is 91.0 Å². The number of hydrogen-bond acceptors (Lipinski definition) is 11. The van der Waals surface area contributed by atoms with Gasteiger partial charge in [-0.2, -0.15) is 0 Å². The Morgan fingerprint density at radius 2 is 1.58 bits per heavy atom. The number of hydrogen-bond donors (Lipinski definition) is 3. The third-order valence-corrected chi connectivity index (χ3v) is 10.2. The van der Waals surface area contributed by atoms with Crippen LogP contribution in [0, 0.1) is 0 Å². The number of alkyl halides is 1. The van der Waals surface area contributed by atoms with E-state index in [1.165, 1.54) is 30.0 Å². The highest BCUT2D eigenvalue weighted by atomic mass is 32.2. The van der Waals surface area contributed by atoms with E-state index < -0.39 is 47.6 Å². The molecule has 15 heteroatoms. The summed E-state index contributed by atoms with van der Waals surface area (Å²) < 4.78 is 18.1. The van der Waals surface area contributed by atoms with Gasteiger partial charge in [0.05, 0.1) is 0 Å². The van der Waals surface area contributed by atoms with Gasteiger partial charge in [0.25, 0.3) is 18.7 Å². The highest BCUT2D eigenvalue weighted by Gasteiger charge is 2.54. The third kappa shape index (κ3) is 6.69. The standard InChI is InChI=1S/C35H30FN5O7S2/c1-21(42)47-17-22-18-49-32-28(31(44)41(32)29(22)33(45)46)38-30(43)27(40-48-20-36)26-19-50-34(37-26)39-35(23-11-5-2-6-12-23,24-13-7-3-8-14-24)25-15-9-4-10-16-25/h2-16,19,28,32H,17-18,20H2,1H3,(H,37,39)(H,38,43)(H,45,46)/b40-27-/t28-,32-/m1/s1. The van der Waals surface area contributed by atoms with Gasteiger partial charge < -0.3 is 25.3 Å². The lowest BCUT2D eigenvalue weighted by molar-refractivity contribution is -0.150. The molecule has 3 N–H and O–H groups in total. The Labute approximate surface area is 294 Å². The van der Waals surface area contributed by atoms with Crippen molar-refractivity contribution in [3.05, 3.63) is 130 Å². The topological polar surface area (TPSA) is 160 Å². The first-order valence-electron chi connectivity index (χ1n) is 15.3. The predicted molar refractivity (Wildman–Crippen MR) is 185 cm³/mol. The molecule has 0 bridgehead atoms. The van der Waals surface area contributed by atoms with Crippen molar-refractivity contribution in [2.24, 2.45) is 5.16 Å². The SMILES string of the molecule is CC(=O)OCC1=C(C(=O)O)N2C(=O)[C@@H](NC(=O)/C(=N\OCF)c3csc(NC(c4ccccc4)(c4ccccc4)c4ccccc4)n3)[C@H]2SC1. The molecule has 2 aliphatic heterocycles. The van der Waals surface area contributed by atoms with Gasteiger partial charge in [0.1, 0.15) is 35.0 Å². The normalized spacial score (nSPS) is 17.4. The van der Waals surface area contributed by atoms with Crippen molar-refractivity contribution in [2.45, 2.75) is 23.9 Å². The van der Waals surface area contributed by atoms with Crippen LogP contribution < -0.4 is 10.6 Å². The summed E-state index contributed by atoms with van der Waals surface area (Å²) in [4.78, 5) is 60.6. The van der Waals surface area contributed by atoms with Crippen molar-refractivity contribution in [1.82, 2.24) is 15.2 Å². The summed E-state index contributed by atoms with van der Waals surface area (Å²) in [5, 5.41) is 21.0. The number of β-lactam (4-membered cyclic amide) rings is 1. The molecule has 2 amide bonds. The smallest absolute Gasteiger partial charge is 0.352 e. The van der Waals surface area contributed by atoms with Crippen LogP contribution in [0.4, 0.5) is 9.52 Å². The number of nitrogens with zero attached hydrogens (tertiary/aromatic N) is 3. The Morgan fingerprint density at radius 1 is 1.00 bits per heavy atom. The van der Waals surface area contributed by atoms with Crippen LogP contribution in [0.25, 0.3) is 0 Å². The molecule has 2 aliphatic rings. The second-order valence-corrected chi connectivity index (χ2v) is 13.1. The van der Waals surface area contributed by atoms with Crippen molar-refractivity contribution >= 4 is 57.7 Å². The Hall–Kier alpha value is -5.54. The summed E-state index contributed by atoms with van der Waals surface area (Å²) in [7, 11) is 0. The van der Waals surface area contributed by atoms with E-state index in [4.69, 9.17) is 4.74 Å². The number of aromatic nitrogens is 1. The number of halogens is 1. The molecule has 3 heterocycles. The number of carboxylic acids is 1. The van der Waals surface area contributed by atoms with E-state index in [0.717, 1.165) is 21.6 Å². The molecule has 0 radical (unpaired) electrons. The van der Waals surface area contributed by atoms with Crippen LogP contribution in [0.2, 0.25) is 0 Å². The molecule has 1 saturated heterocycles. The summed E-state index contributed by atoms with van der Waals surface area (Å²) in [5.74, 6) is -3.37. The van der Waals surface area contributed by atoms with Gasteiger partial charge in [-0.1, -0.05) is 96.2 Å². The minimum atomic E-state index is -1.37. The number of oxime groups is 1. The minimum Gasteiger partial charge on any atom is -0.477 e. The van der Waals surface area contributed by atoms with Crippen LogP contribution in [0.15, 0.2) is 113 Å². The lowest BCUT2D eigenvalue weighted by atomic mass is 9.77. The largest absolute Gasteiger partial charge is 0.477 e. The van der Waals surface area contributed by atoms with Crippen LogP contribution in [-0.2, 0) is 34.3 Å². The van der Waals surface area contributed by atoms with Gasteiger partial charge in [0.15, 0.2) is 10.8 Å². The Morgan fingerprint density at radius 3 is 2.10 bits per heavy atom. The van der Waals surface area contributed by atoms with Crippen LogP contribution in [0.1, 0.15) is 29.3 Å². The number of thiazole rings is 1. The van der Waals surface area contributed by atoms with Gasteiger partial charge in [-0.25, -0.2) is 14.2 Å². The number of anilines is 1. The average molecular weight is 716 g/mol. The molecular formula is C35H30FN5O7S2. The van der Waals surface area contributed by atoms with Crippen molar-refractivity contribution in [3.63, 3.8) is 0 Å². The average Bonchev–Trinajstić information content (AvgIpc) is 3.60. The maximum Gasteiger partial charge on any atom is 0.352 e. The second-order valence-electron chi connectivity index (χ2n) is 11.1. The molecule has 1 fully saturated rings. The number of carboxylic acid groups (broad SMARTS) is 1. The molecule has 0 spiro atoms. The Balaban J connectivity index is 1.29. The molecule has 12 nitrogen and oxygen atoms in total. The summed E-state index contributed by atoms with van der Waals surface area (Å²) in [6.07, 6.45) is 0. The number of fused-ring (bicyclic) bond motifs is 1. The molecule has 2 atom stereocenters. The summed E-state index contributed by atoms with van der Waals surface area (Å²) in [5.41, 5.74) is 1.48. The molecule has 256 valence electrons. The lowest BCUT2D eigenvalue weighted by Gasteiger charge is -2.49. The highest BCUT2D eigenvalue weighted by molar-refractivity contribution is 8.00. The molecule has 1 aromatic heterocycles. The predicted octanol–water partition coefficient (Wildman–Crippen LogP) is 4.50. The van der Waals surface area contributed by atoms with Gasteiger partial charge in [0.2, 0.25) is 0 Å². The first-order valence-corrected chi connectivity index (χ1v) is 17.2. The molecule has 6 rings (SSSR count). The van der Waals surface area contributed by atoms with E-state index in [0.29, 0.717) is 5.13 Å². The zero-order valence-corrected chi connectivity index (χ0v) is 28.1. The quantitative estimate of drug-likeness (QED) is 0.0592. The molecule has 0 unspecified atom stereocenters. The summed E-state index contributed by atoms with van der Waals surface area (Å²) in [6, 6.07) is 28.3. The van der Waals surface area contributed by atoms with E-state index >= 15 is 0 Å². The first-order chi connectivity index (χ1) is 24.2. The monoisotopic (exact) mass is 715 g/mol. The Bertz CT molecular complexity index is 1860. The van der Waals surface area contributed by atoms with Crippen molar-refractivity contribution in [2.75, 3.05) is 24.5 Å². The fraction of sp³-hybridized carbons (Fsp3) is 0.200. The molecule has 50 heavy (non-hydrogen) atoms. The van der Waals surface area contributed by atoms with Crippen molar-refractivity contribution < 1.29 is 38.2 Å². The van der Waals surface area contributed by atoms with Gasteiger partial charge in [0, 0.05) is 23.6 Å². The van der Waals surface area contributed by atoms with Crippen LogP contribution in [0.5, 0.6) is 0 Å². The van der Waals surface area contributed by atoms with Crippen molar-refractivity contribution in [1.29, 1.82) is 0 Å². The van der Waals surface area contributed by atoms with Crippen LogP contribution in [0.3, 0.4) is 0 Å². The zero-order chi connectivity index (χ0) is 35.3. The van der Waals surface area contributed by atoms with Gasteiger partial charge in [-0.3, -0.25) is 19.3 Å². The van der Waals surface area contributed by atoms with Crippen molar-refractivity contribution in [3.8, 4) is 0 Å². The van der Waals surface area contributed by atoms with E-state index in [-0.39, 0.29) is 35.0 Å². The number of nitrogens with one attached hydrogen (secondary N) is 2. The van der Waals surface area contributed by atoms with Gasteiger partial charge in [-0.15, -0.1) is 23.1 Å². The zero-order valence-electron chi connectivity index (χ0n) is 26.4. The number of carbonyl (C=O) groups excluding carboxylic acids is 3. The molecule has 0 aliphatic carbocycles. The summed E-state index contributed by atoms with van der Waals surface area (Å²) in [6.45, 7) is -0.410. The number of benzene rings is 3. The van der Waals surface area contributed by atoms with Gasteiger partial charge >= 0.3 is 11.9 Å². The molecule has 4 aromatic rings. The van der Waals surface area contributed by atoms with E-state index in [2.05, 4.69) is 25.6 Å². The van der Waals surface area contributed by atoms with Crippen LogP contribution in [-0.4, -0.2) is 75.1 Å². The number of thioether (sulfide) groups is 1. The lowest BCUT2D eigenvalue weighted by Crippen LogP contribution is -2.71. The number of esters is 1. The molecule has 3 aromatic carbocycles. The highest BCUT2D eigenvalue weighted by Crippen LogP contribution is 2.42. The van der Waals surface area contributed by atoms with E-state index in [1.54, 1.807) is 5.38 Å². The number of ether oxygens (including phenoxy) is 1. The Kier molecular flexibility index (Phi) is 10.2. The minimum absolute atomic E-state index is 0.0567. The van der Waals surface area contributed by atoms with Gasteiger partial charge in [-0.05, 0) is 16.7 Å². The first kappa shape index (κ1) is 34.3. The number of aliphatic carboxylic acids is 1. The fourth-order valence-corrected chi connectivity index (χ4v) is 7.95. The number of rotatable bonds is 13. The summed E-state index contributed by atoms with van der Waals surface area (Å²) >= 11 is 2.39. The second kappa shape index (κ2) is 14.9. The van der Waals surface area contributed by atoms with Crippen LogP contribution >= 0.6 is 23.1 Å². The van der Waals surface area contributed by atoms with E-state index in [9.17, 15) is 28.7 Å².